The highest BCUT2D eigenvalue weighted by Crippen LogP contribution is 2.21. The lowest BCUT2D eigenvalue weighted by Crippen LogP contribution is -2.13. The number of nitrogen functional groups attached to an aromatic ring is 1. The first-order valence-electron chi connectivity index (χ1n) is 5.69. The van der Waals surface area contributed by atoms with Crippen LogP contribution in [0.4, 0.5) is 11.5 Å². The molecule has 0 fully saturated rings. The Bertz CT molecular complexity index is 569. The molecular weight excluding hydrogens is 230 g/mol. The molecule has 0 bridgehead atoms. The summed E-state index contributed by atoms with van der Waals surface area (Å²) in [5.41, 5.74) is 12.3. The predicted molar refractivity (Wildman–Crippen MR) is 70.9 cm³/mol. The number of nitrogens with one attached hydrogen (secondary N) is 1. The Morgan fingerprint density at radius 3 is 2.94 bits per heavy atom. The average Bonchev–Trinajstić information content (AvgIpc) is 2.34. The fraction of sp³-hybridized carbons (Fsp3) is 0.250. The monoisotopic (exact) mass is 245 g/mol. The molecule has 0 aliphatic heterocycles. The molecule has 94 valence electrons. The van der Waals surface area contributed by atoms with E-state index in [1.165, 1.54) is 6.33 Å². The first-order chi connectivity index (χ1) is 8.66. The van der Waals surface area contributed by atoms with Gasteiger partial charge in [0.2, 0.25) is 5.91 Å². The van der Waals surface area contributed by atoms with Crippen molar-refractivity contribution in [2.45, 2.75) is 12.8 Å². The molecule has 1 aromatic carbocycles. The highest BCUT2D eigenvalue weighted by Gasteiger charge is 2.03. The van der Waals surface area contributed by atoms with Crippen molar-refractivity contribution in [1.29, 1.82) is 0 Å². The summed E-state index contributed by atoms with van der Waals surface area (Å²) in [6, 6.07) is 5.47. The molecule has 0 unspecified atom stereocenters. The van der Waals surface area contributed by atoms with Gasteiger partial charge < -0.3 is 16.8 Å². The summed E-state index contributed by atoms with van der Waals surface area (Å²) < 4.78 is 0. The van der Waals surface area contributed by atoms with Gasteiger partial charge in [0.05, 0.1) is 5.52 Å². The molecule has 0 aliphatic rings. The van der Waals surface area contributed by atoms with E-state index < -0.39 is 0 Å². The number of carbonyl (C=O) groups is 1. The maximum atomic E-state index is 10.6. The van der Waals surface area contributed by atoms with Crippen LogP contribution in [0.1, 0.15) is 12.8 Å². The highest BCUT2D eigenvalue weighted by molar-refractivity contribution is 5.91. The molecule has 2 aromatic rings. The van der Waals surface area contributed by atoms with Gasteiger partial charge in [-0.25, -0.2) is 9.97 Å². The van der Waals surface area contributed by atoms with Crippen molar-refractivity contribution in [1.82, 2.24) is 9.97 Å². The molecule has 1 aromatic heterocycles. The molecule has 0 radical (unpaired) electrons. The van der Waals surface area contributed by atoms with E-state index >= 15 is 0 Å². The van der Waals surface area contributed by atoms with Crippen LogP contribution in [0.15, 0.2) is 24.5 Å². The molecule has 6 nitrogen and oxygen atoms in total. The molecule has 0 spiro atoms. The van der Waals surface area contributed by atoms with Crippen LogP contribution >= 0.6 is 0 Å². The molecule has 1 heterocycles. The van der Waals surface area contributed by atoms with Crippen molar-refractivity contribution in [2.24, 2.45) is 5.73 Å². The number of carbonyl (C=O) groups excluding carboxylic acids is 1. The Morgan fingerprint density at radius 1 is 1.33 bits per heavy atom. The number of fused-ring (bicyclic) bond motifs is 1. The Morgan fingerprint density at radius 2 is 2.17 bits per heavy atom. The third-order valence-corrected chi connectivity index (χ3v) is 2.55. The number of amides is 1. The van der Waals surface area contributed by atoms with Gasteiger partial charge in [0.25, 0.3) is 0 Å². The standard InChI is InChI=1S/C12H15N5O/c13-8-3-4-10-9(6-8)12(17-7-16-10)15-5-1-2-11(14)18/h3-4,6-7H,1-2,5,13H2,(H2,14,18)(H,15,16,17). The Balaban J connectivity index is 2.12. The zero-order valence-corrected chi connectivity index (χ0v) is 9.89. The number of aromatic nitrogens is 2. The van der Waals surface area contributed by atoms with Gasteiger partial charge in [-0.15, -0.1) is 0 Å². The molecule has 18 heavy (non-hydrogen) atoms. The quantitative estimate of drug-likeness (QED) is 0.535. The first kappa shape index (κ1) is 12.1. The highest BCUT2D eigenvalue weighted by atomic mass is 16.1. The summed E-state index contributed by atoms with van der Waals surface area (Å²) in [7, 11) is 0. The second kappa shape index (κ2) is 5.31. The minimum atomic E-state index is -0.298. The van der Waals surface area contributed by atoms with E-state index in [0.29, 0.717) is 25.1 Å². The molecule has 6 heteroatoms. The van der Waals surface area contributed by atoms with Crippen LogP contribution in [0.25, 0.3) is 10.9 Å². The Kier molecular flexibility index (Phi) is 3.57. The van der Waals surface area contributed by atoms with Crippen molar-refractivity contribution in [3.8, 4) is 0 Å². The van der Waals surface area contributed by atoms with Gasteiger partial charge in [-0.2, -0.15) is 0 Å². The summed E-state index contributed by atoms with van der Waals surface area (Å²) in [6.45, 7) is 0.629. The van der Waals surface area contributed by atoms with E-state index in [9.17, 15) is 4.79 Å². The number of hydrogen-bond acceptors (Lipinski definition) is 5. The summed E-state index contributed by atoms with van der Waals surface area (Å²) in [6.07, 6.45) is 2.52. The topological polar surface area (TPSA) is 107 Å². The summed E-state index contributed by atoms with van der Waals surface area (Å²) in [5.74, 6) is 0.422. The lowest BCUT2D eigenvalue weighted by molar-refractivity contribution is -0.118. The number of nitrogens with two attached hydrogens (primary N) is 2. The van der Waals surface area contributed by atoms with Crippen molar-refractivity contribution in [3.05, 3.63) is 24.5 Å². The van der Waals surface area contributed by atoms with Crippen LogP contribution in [-0.4, -0.2) is 22.4 Å². The lowest BCUT2D eigenvalue weighted by Gasteiger charge is -2.08. The van der Waals surface area contributed by atoms with Gasteiger partial charge in [0.1, 0.15) is 12.1 Å². The van der Waals surface area contributed by atoms with Crippen LogP contribution in [0.3, 0.4) is 0 Å². The summed E-state index contributed by atoms with van der Waals surface area (Å²) in [4.78, 5) is 18.9. The molecule has 2 rings (SSSR count). The zero-order valence-electron chi connectivity index (χ0n) is 9.89. The number of hydrogen-bond donors (Lipinski definition) is 3. The SMILES string of the molecule is NC(=O)CCCNc1ncnc2ccc(N)cc12. The van der Waals surface area contributed by atoms with E-state index in [2.05, 4.69) is 15.3 Å². The largest absolute Gasteiger partial charge is 0.399 e. The summed E-state index contributed by atoms with van der Waals surface area (Å²) in [5, 5.41) is 4.03. The maximum Gasteiger partial charge on any atom is 0.217 e. The van der Waals surface area contributed by atoms with Gasteiger partial charge >= 0.3 is 0 Å². The smallest absolute Gasteiger partial charge is 0.217 e. The van der Waals surface area contributed by atoms with E-state index in [1.807, 2.05) is 12.1 Å². The van der Waals surface area contributed by atoms with Crippen LogP contribution in [-0.2, 0) is 4.79 Å². The van der Waals surface area contributed by atoms with E-state index in [1.54, 1.807) is 6.07 Å². The molecule has 0 saturated heterocycles. The Labute approximate surface area is 104 Å². The molecule has 0 atom stereocenters. The van der Waals surface area contributed by atoms with Crippen molar-refractivity contribution >= 4 is 28.3 Å². The number of rotatable bonds is 5. The van der Waals surface area contributed by atoms with Gasteiger partial charge in [0, 0.05) is 24.0 Å². The van der Waals surface area contributed by atoms with Crippen molar-refractivity contribution in [3.63, 3.8) is 0 Å². The fourth-order valence-corrected chi connectivity index (χ4v) is 1.68. The number of anilines is 2. The molecule has 0 aliphatic carbocycles. The third kappa shape index (κ3) is 2.85. The van der Waals surface area contributed by atoms with Crippen LogP contribution < -0.4 is 16.8 Å². The maximum absolute atomic E-state index is 10.6. The minimum Gasteiger partial charge on any atom is -0.399 e. The van der Waals surface area contributed by atoms with Gasteiger partial charge in [-0.3, -0.25) is 4.79 Å². The van der Waals surface area contributed by atoms with Crippen LogP contribution in [0, 0.1) is 0 Å². The number of benzene rings is 1. The van der Waals surface area contributed by atoms with Crippen molar-refractivity contribution < 1.29 is 4.79 Å². The molecular formula is C12H15N5O. The van der Waals surface area contributed by atoms with Crippen LogP contribution in [0.5, 0.6) is 0 Å². The second-order valence-corrected chi connectivity index (χ2v) is 4.00. The van der Waals surface area contributed by atoms with E-state index in [4.69, 9.17) is 11.5 Å². The third-order valence-electron chi connectivity index (χ3n) is 2.55. The van der Waals surface area contributed by atoms with E-state index in [-0.39, 0.29) is 5.91 Å². The predicted octanol–water partition coefficient (Wildman–Crippen LogP) is 0.889. The Hall–Kier alpha value is -2.37. The molecule has 5 N–H and O–H groups in total. The van der Waals surface area contributed by atoms with E-state index in [0.717, 1.165) is 16.7 Å². The van der Waals surface area contributed by atoms with Crippen molar-refractivity contribution in [2.75, 3.05) is 17.6 Å². The van der Waals surface area contributed by atoms with Gasteiger partial charge in [-0.1, -0.05) is 0 Å². The fourth-order valence-electron chi connectivity index (χ4n) is 1.68. The molecule has 1 amide bonds. The number of nitrogens with zero attached hydrogens (tertiary/aromatic N) is 2. The second-order valence-electron chi connectivity index (χ2n) is 4.00. The lowest BCUT2D eigenvalue weighted by atomic mass is 10.2. The number of primary amides is 1. The minimum absolute atomic E-state index is 0.298. The normalized spacial score (nSPS) is 10.4. The molecule has 0 saturated carbocycles. The van der Waals surface area contributed by atoms with Gasteiger partial charge in [-0.05, 0) is 24.6 Å². The first-order valence-corrected chi connectivity index (χ1v) is 5.69. The average molecular weight is 245 g/mol. The van der Waals surface area contributed by atoms with Gasteiger partial charge in [0.15, 0.2) is 0 Å². The van der Waals surface area contributed by atoms with Crippen LogP contribution in [0.2, 0.25) is 0 Å². The zero-order chi connectivity index (χ0) is 13.0. The summed E-state index contributed by atoms with van der Waals surface area (Å²) >= 11 is 0.